The maximum Gasteiger partial charge on any atom is -0.358 e. The van der Waals surface area contributed by atoms with Crippen LogP contribution in [0, 0.1) is 38.5 Å². The van der Waals surface area contributed by atoms with E-state index in [0.29, 0.717) is 5.92 Å². The zero-order chi connectivity index (χ0) is 31.8. The maximum atomic E-state index is 3.67. The van der Waals surface area contributed by atoms with Crippen LogP contribution in [0.1, 0.15) is 88.8 Å². The summed E-state index contributed by atoms with van der Waals surface area (Å²) in [5.74, 6) is 0.468. The smallest absolute Gasteiger partial charge is 0.358 e. The molecule has 0 saturated heterocycles. The summed E-state index contributed by atoms with van der Waals surface area (Å²) < 4.78 is 3.34. The summed E-state index contributed by atoms with van der Waals surface area (Å²) in [6.45, 7) is 20.0. The molecule has 1 atom stereocenters. The second kappa shape index (κ2) is 16.4. The number of allylic oxidation sites excluding steroid dienone is 4. The second-order valence-corrected chi connectivity index (χ2v) is 13.4. The molecule has 0 N–H and O–H groups in total. The largest absolute Gasteiger partial charge is 0.358 e. The number of aryl methyl sites for hydroxylation is 1. The zero-order valence-corrected chi connectivity index (χ0v) is 31.1. The van der Waals surface area contributed by atoms with Crippen LogP contribution in [0.5, 0.6) is 0 Å². The normalized spacial score (nSPS) is 14.4. The Kier molecular flexibility index (Phi) is 13.9. The Balaban J connectivity index is 0.000000250. The summed E-state index contributed by atoms with van der Waals surface area (Å²) in [6, 6.07) is 36.5. The van der Waals surface area contributed by atoms with E-state index in [-0.39, 0.29) is 18.3 Å². The van der Waals surface area contributed by atoms with E-state index >= 15 is 0 Å². The van der Waals surface area contributed by atoms with Gasteiger partial charge in [0.1, 0.15) is 0 Å². The summed E-state index contributed by atoms with van der Waals surface area (Å²) in [6.07, 6.45) is 6.68. The van der Waals surface area contributed by atoms with Crippen LogP contribution in [0.4, 0.5) is 0 Å². The fraction of sp³-hybridized carbons (Fsp3) is 0.302. The minimum absolute atomic E-state index is 0. The number of fused-ring (bicyclic) bond motifs is 3. The van der Waals surface area contributed by atoms with Gasteiger partial charge in [-0.1, -0.05) is 122 Å². The maximum absolute atomic E-state index is 3.67. The third-order valence-electron chi connectivity index (χ3n) is 7.70. The van der Waals surface area contributed by atoms with Crippen molar-refractivity contribution >= 4 is 9.78 Å². The number of rotatable bonds is 1. The van der Waals surface area contributed by atoms with Gasteiger partial charge < -0.3 is 7.43 Å². The molecular weight excluding hydrogens is 608 g/mol. The third kappa shape index (κ3) is 10.1. The summed E-state index contributed by atoms with van der Waals surface area (Å²) in [5.41, 5.74) is 13.9. The molecule has 0 bridgehead atoms. The average Bonchev–Trinajstić information content (AvgIpc) is 3.52. The number of hydrogen-bond acceptors (Lipinski definition) is 0. The Morgan fingerprint density at radius 2 is 1.39 bits per heavy atom. The SMILES string of the molecule is CC(C)(C)c1[c-]c2c(cc1)-c1ccc(C(C)(C)C)cc1C2.CC1=[C-]C(C)C=C1c1ccccc1.Cc1cc[c-]cc1.[CH2]=[Zr].[CH3-]. The van der Waals surface area contributed by atoms with Crippen molar-refractivity contribution in [2.45, 2.75) is 79.6 Å². The Labute approximate surface area is 284 Å². The molecule has 0 heterocycles. The van der Waals surface area contributed by atoms with Gasteiger partial charge >= 0.3 is 28.4 Å². The molecule has 0 saturated carbocycles. The molecule has 4 aromatic carbocycles. The van der Waals surface area contributed by atoms with Crippen molar-refractivity contribution in [3.8, 4) is 11.1 Å². The molecule has 0 nitrogen and oxygen atoms in total. The fourth-order valence-electron chi connectivity index (χ4n) is 5.26. The zero-order valence-electron chi connectivity index (χ0n) is 28.7. The molecule has 0 aromatic heterocycles. The van der Waals surface area contributed by atoms with E-state index in [2.05, 4.69) is 145 Å². The van der Waals surface area contributed by atoms with E-state index in [9.17, 15) is 0 Å². The minimum Gasteiger partial charge on any atom is -0.358 e. The Morgan fingerprint density at radius 1 is 0.773 bits per heavy atom. The number of hydrogen-bond donors (Lipinski definition) is 0. The average molecular weight is 658 g/mol. The molecule has 0 aliphatic heterocycles. The van der Waals surface area contributed by atoms with Crippen molar-refractivity contribution < 1.29 is 24.2 Å². The van der Waals surface area contributed by atoms with Gasteiger partial charge in [0.25, 0.3) is 0 Å². The quantitative estimate of drug-likeness (QED) is 0.157. The van der Waals surface area contributed by atoms with Gasteiger partial charge in [0, 0.05) is 0 Å². The summed E-state index contributed by atoms with van der Waals surface area (Å²) in [7, 11) is 0. The predicted molar refractivity (Wildman–Crippen MR) is 190 cm³/mol. The van der Waals surface area contributed by atoms with Gasteiger partial charge in [0.15, 0.2) is 0 Å². The molecule has 44 heavy (non-hydrogen) atoms. The van der Waals surface area contributed by atoms with Gasteiger partial charge in [-0.15, -0.1) is 16.7 Å². The van der Waals surface area contributed by atoms with Gasteiger partial charge in [0.2, 0.25) is 0 Å². The van der Waals surface area contributed by atoms with E-state index in [4.69, 9.17) is 0 Å². The van der Waals surface area contributed by atoms with Gasteiger partial charge in [-0.25, -0.2) is 5.57 Å². The van der Waals surface area contributed by atoms with Gasteiger partial charge in [-0.05, 0) is 28.4 Å². The standard InChI is InChI=1S/C21H25.C13H13.C7H7.CH3.CH2.Zr/c1-20(2,3)16-7-9-18-14(12-16)11-15-13-17(21(4,5)6)8-10-19(15)18;1-10-8-11(2)13(9-10)12-6-4-3-5-7-12;1-7-5-3-2-4-6-7;;;/h7-10,12H,11H2,1-6H3;3-7,9-10H,1-2H3;3-6H,1H3;1H3;1H2;/q4*-1;;. The van der Waals surface area contributed by atoms with Gasteiger partial charge in [-0.2, -0.15) is 71.3 Å². The van der Waals surface area contributed by atoms with E-state index in [0.717, 1.165) is 6.42 Å². The van der Waals surface area contributed by atoms with Gasteiger partial charge in [0.05, 0.1) is 0 Å². The first-order valence-electron chi connectivity index (χ1n) is 15.2. The van der Waals surface area contributed by atoms with Crippen LogP contribution in [-0.2, 0) is 41.5 Å². The molecule has 6 rings (SSSR count). The monoisotopic (exact) mass is 656 g/mol. The summed E-state index contributed by atoms with van der Waals surface area (Å²) in [5, 5.41) is 0. The Morgan fingerprint density at radius 3 is 1.89 bits per heavy atom. The van der Waals surface area contributed by atoms with E-state index < -0.39 is 0 Å². The molecular formula is C43H50Zr-4. The molecule has 0 amide bonds. The second-order valence-electron chi connectivity index (χ2n) is 13.4. The molecule has 1 heteroatoms. The van der Waals surface area contributed by atoms with Crippen molar-refractivity contribution in [2.75, 3.05) is 0 Å². The van der Waals surface area contributed by atoms with Crippen molar-refractivity contribution in [1.29, 1.82) is 0 Å². The molecule has 2 aliphatic rings. The molecule has 230 valence electrons. The van der Waals surface area contributed by atoms with Crippen LogP contribution < -0.4 is 0 Å². The topological polar surface area (TPSA) is 0 Å². The van der Waals surface area contributed by atoms with Crippen LogP contribution in [0.25, 0.3) is 16.7 Å². The molecule has 1 unspecified atom stereocenters. The van der Waals surface area contributed by atoms with Crippen molar-refractivity contribution in [3.05, 3.63) is 156 Å². The Bertz CT molecular complexity index is 1480. The van der Waals surface area contributed by atoms with Crippen molar-refractivity contribution in [3.63, 3.8) is 0 Å². The predicted octanol–water partition coefficient (Wildman–Crippen LogP) is 11.3. The molecule has 0 spiro atoms. The van der Waals surface area contributed by atoms with Crippen LogP contribution in [0.15, 0.2) is 96.6 Å². The van der Waals surface area contributed by atoms with Gasteiger partial charge in [-0.3, -0.25) is 6.08 Å². The van der Waals surface area contributed by atoms with Crippen LogP contribution >= 0.6 is 0 Å². The van der Waals surface area contributed by atoms with Crippen LogP contribution in [0.3, 0.4) is 0 Å². The molecule has 0 radical (unpaired) electrons. The molecule has 2 aliphatic carbocycles. The summed E-state index contributed by atoms with van der Waals surface area (Å²) in [4.78, 5) is 0. The third-order valence-corrected chi connectivity index (χ3v) is 7.70. The molecule has 0 fully saturated rings. The van der Waals surface area contributed by atoms with E-state index in [1.807, 2.05) is 30.3 Å². The van der Waals surface area contributed by atoms with E-state index in [1.165, 1.54) is 79.9 Å². The fourth-order valence-corrected chi connectivity index (χ4v) is 5.26. The first-order chi connectivity index (χ1) is 20.3. The Hall–Kier alpha value is -2.89. The first-order valence-corrected chi connectivity index (χ1v) is 16.9. The van der Waals surface area contributed by atoms with Crippen LogP contribution in [-0.4, -0.2) is 4.21 Å². The van der Waals surface area contributed by atoms with Crippen LogP contribution in [0.2, 0.25) is 0 Å². The van der Waals surface area contributed by atoms with Crippen molar-refractivity contribution in [1.82, 2.24) is 0 Å². The first kappa shape index (κ1) is 37.3. The van der Waals surface area contributed by atoms with Crippen molar-refractivity contribution in [2.24, 2.45) is 5.92 Å². The minimum atomic E-state index is 0. The number of benzene rings is 4. The van der Waals surface area contributed by atoms with E-state index in [1.54, 1.807) is 0 Å². The summed E-state index contributed by atoms with van der Waals surface area (Å²) >= 11 is 1.30. The molecule has 4 aromatic rings.